The Hall–Kier alpha value is -2.08. The quantitative estimate of drug-likeness (QED) is 0.530. The van der Waals surface area contributed by atoms with E-state index in [1.807, 2.05) is 0 Å². The minimum atomic E-state index is -1.15. The fourth-order valence-corrected chi connectivity index (χ4v) is 1.26. The average molecular weight is 224 g/mol. The molecule has 0 aromatic heterocycles. The summed E-state index contributed by atoms with van der Waals surface area (Å²) in [6.45, 7) is 0. The molecule has 0 saturated carbocycles. The molecule has 0 heterocycles. The molecule has 0 spiro atoms. The van der Waals surface area contributed by atoms with Gasteiger partial charge in [-0.2, -0.15) is 0 Å². The molecule has 0 aliphatic heterocycles. The SMILES string of the molecule is Nc1ccc(CC(N)C(=O)O)cc1C(=O)O. The summed E-state index contributed by atoms with van der Waals surface area (Å²) in [5.74, 6) is -2.28. The van der Waals surface area contributed by atoms with E-state index >= 15 is 0 Å². The van der Waals surface area contributed by atoms with E-state index in [0.29, 0.717) is 5.56 Å². The first-order valence-electron chi connectivity index (χ1n) is 4.52. The maximum absolute atomic E-state index is 10.8. The molecule has 0 amide bonds. The lowest BCUT2D eigenvalue weighted by atomic mass is 10.0. The molecule has 0 radical (unpaired) electrons. The third-order valence-electron chi connectivity index (χ3n) is 2.12. The van der Waals surface area contributed by atoms with Gasteiger partial charge in [0.15, 0.2) is 0 Å². The third-order valence-corrected chi connectivity index (χ3v) is 2.12. The second-order valence-electron chi connectivity index (χ2n) is 3.38. The molecule has 0 fully saturated rings. The van der Waals surface area contributed by atoms with Crippen LogP contribution in [-0.2, 0) is 11.2 Å². The molecule has 6 heteroatoms. The van der Waals surface area contributed by atoms with Crippen molar-refractivity contribution in [2.24, 2.45) is 5.73 Å². The summed E-state index contributed by atoms with van der Waals surface area (Å²) in [6, 6.07) is 3.27. The highest BCUT2D eigenvalue weighted by molar-refractivity contribution is 5.93. The average Bonchev–Trinajstić information content (AvgIpc) is 2.20. The van der Waals surface area contributed by atoms with Crippen LogP contribution in [0, 0.1) is 0 Å². The summed E-state index contributed by atoms with van der Waals surface area (Å²) in [7, 11) is 0. The Morgan fingerprint density at radius 1 is 1.31 bits per heavy atom. The summed E-state index contributed by atoms with van der Waals surface area (Å²) < 4.78 is 0. The van der Waals surface area contributed by atoms with Gasteiger partial charge in [0.2, 0.25) is 0 Å². The predicted molar refractivity (Wildman–Crippen MR) is 57.1 cm³/mol. The fraction of sp³-hybridized carbons (Fsp3) is 0.200. The smallest absolute Gasteiger partial charge is 0.337 e. The molecule has 0 saturated heterocycles. The predicted octanol–water partition coefficient (Wildman–Crippen LogP) is -0.0786. The Morgan fingerprint density at radius 3 is 2.44 bits per heavy atom. The number of carboxylic acid groups (broad SMARTS) is 2. The van der Waals surface area contributed by atoms with E-state index in [9.17, 15) is 9.59 Å². The van der Waals surface area contributed by atoms with Crippen LogP contribution in [0.5, 0.6) is 0 Å². The number of carboxylic acids is 2. The van der Waals surface area contributed by atoms with Crippen LogP contribution < -0.4 is 11.5 Å². The van der Waals surface area contributed by atoms with Gasteiger partial charge < -0.3 is 21.7 Å². The number of aromatic carboxylic acids is 1. The molecule has 1 rings (SSSR count). The number of aliphatic carboxylic acids is 1. The van der Waals surface area contributed by atoms with Crippen molar-refractivity contribution in [3.8, 4) is 0 Å². The van der Waals surface area contributed by atoms with Crippen LogP contribution in [0.25, 0.3) is 0 Å². The van der Waals surface area contributed by atoms with Crippen molar-refractivity contribution < 1.29 is 19.8 Å². The van der Waals surface area contributed by atoms with E-state index in [2.05, 4.69) is 0 Å². The first kappa shape index (κ1) is 12.0. The van der Waals surface area contributed by atoms with Crippen molar-refractivity contribution in [1.29, 1.82) is 0 Å². The second kappa shape index (κ2) is 4.63. The largest absolute Gasteiger partial charge is 0.480 e. The van der Waals surface area contributed by atoms with E-state index in [4.69, 9.17) is 21.7 Å². The van der Waals surface area contributed by atoms with Gasteiger partial charge in [-0.25, -0.2) is 4.79 Å². The first-order valence-corrected chi connectivity index (χ1v) is 4.52. The van der Waals surface area contributed by atoms with Crippen molar-refractivity contribution >= 4 is 17.6 Å². The number of nitrogens with two attached hydrogens (primary N) is 2. The molecule has 1 aromatic carbocycles. The molecular weight excluding hydrogens is 212 g/mol. The fourth-order valence-electron chi connectivity index (χ4n) is 1.26. The van der Waals surface area contributed by atoms with E-state index in [1.54, 1.807) is 6.07 Å². The summed E-state index contributed by atoms with van der Waals surface area (Å²) in [6.07, 6.45) is 0.0654. The number of anilines is 1. The maximum atomic E-state index is 10.8. The van der Waals surface area contributed by atoms with E-state index < -0.39 is 18.0 Å². The Labute approximate surface area is 91.5 Å². The molecule has 0 bridgehead atoms. The highest BCUT2D eigenvalue weighted by Gasteiger charge is 2.14. The number of carbonyl (C=O) groups is 2. The van der Waals surface area contributed by atoms with Crippen LogP contribution in [0.15, 0.2) is 18.2 Å². The van der Waals surface area contributed by atoms with Crippen molar-refractivity contribution in [2.75, 3.05) is 5.73 Å². The van der Waals surface area contributed by atoms with Crippen LogP contribution in [0.3, 0.4) is 0 Å². The van der Waals surface area contributed by atoms with Crippen molar-refractivity contribution in [1.82, 2.24) is 0 Å². The third kappa shape index (κ3) is 2.71. The van der Waals surface area contributed by atoms with E-state index in [1.165, 1.54) is 12.1 Å². The number of hydrogen-bond donors (Lipinski definition) is 4. The van der Waals surface area contributed by atoms with Gasteiger partial charge in [-0.1, -0.05) is 6.07 Å². The zero-order chi connectivity index (χ0) is 12.3. The summed E-state index contributed by atoms with van der Waals surface area (Å²) >= 11 is 0. The standard InChI is InChI=1S/C10H12N2O4/c11-7-2-1-5(3-6(7)9(13)14)4-8(12)10(15)16/h1-3,8H,4,11-12H2,(H,13,14)(H,15,16). The Kier molecular flexibility index (Phi) is 3.47. The molecular formula is C10H12N2O4. The van der Waals surface area contributed by atoms with E-state index in [-0.39, 0.29) is 17.7 Å². The van der Waals surface area contributed by atoms with Gasteiger partial charge in [0.05, 0.1) is 5.56 Å². The van der Waals surface area contributed by atoms with Crippen molar-refractivity contribution in [3.63, 3.8) is 0 Å². The molecule has 1 unspecified atom stereocenters. The van der Waals surface area contributed by atoms with Crippen LogP contribution in [-0.4, -0.2) is 28.2 Å². The van der Waals surface area contributed by atoms with Gasteiger partial charge in [-0.3, -0.25) is 4.79 Å². The highest BCUT2D eigenvalue weighted by atomic mass is 16.4. The van der Waals surface area contributed by atoms with Gasteiger partial charge in [0.1, 0.15) is 6.04 Å². The molecule has 6 N–H and O–H groups in total. The van der Waals surface area contributed by atoms with Crippen LogP contribution in [0.4, 0.5) is 5.69 Å². The topological polar surface area (TPSA) is 127 Å². The number of benzene rings is 1. The monoisotopic (exact) mass is 224 g/mol. The Bertz CT molecular complexity index is 431. The summed E-state index contributed by atoms with van der Waals surface area (Å²) in [5.41, 5.74) is 11.4. The first-order chi connectivity index (χ1) is 7.41. The van der Waals surface area contributed by atoms with Gasteiger partial charge in [0, 0.05) is 5.69 Å². The zero-order valence-corrected chi connectivity index (χ0v) is 8.38. The van der Waals surface area contributed by atoms with Crippen LogP contribution in [0.1, 0.15) is 15.9 Å². The van der Waals surface area contributed by atoms with Crippen molar-refractivity contribution in [2.45, 2.75) is 12.5 Å². The molecule has 1 atom stereocenters. The molecule has 1 aromatic rings. The second-order valence-corrected chi connectivity index (χ2v) is 3.38. The highest BCUT2D eigenvalue weighted by Crippen LogP contribution is 2.15. The number of nitrogen functional groups attached to an aromatic ring is 1. The number of hydrogen-bond acceptors (Lipinski definition) is 4. The molecule has 16 heavy (non-hydrogen) atoms. The summed E-state index contributed by atoms with van der Waals surface area (Å²) in [5, 5.41) is 17.4. The lowest BCUT2D eigenvalue weighted by molar-refractivity contribution is -0.138. The lowest BCUT2D eigenvalue weighted by Crippen LogP contribution is -2.32. The van der Waals surface area contributed by atoms with Gasteiger partial charge in [-0.05, 0) is 24.1 Å². The molecule has 0 aliphatic rings. The van der Waals surface area contributed by atoms with E-state index in [0.717, 1.165) is 0 Å². The maximum Gasteiger partial charge on any atom is 0.337 e. The molecule has 6 nitrogen and oxygen atoms in total. The van der Waals surface area contributed by atoms with Gasteiger partial charge in [0.25, 0.3) is 0 Å². The van der Waals surface area contributed by atoms with Gasteiger partial charge >= 0.3 is 11.9 Å². The number of rotatable bonds is 4. The zero-order valence-electron chi connectivity index (χ0n) is 8.38. The van der Waals surface area contributed by atoms with Gasteiger partial charge in [-0.15, -0.1) is 0 Å². The van der Waals surface area contributed by atoms with Crippen LogP contribution in [0.2, 0.25) is 0 Å². The molecule has 86 valence electrons. The normalized spacial score (nSPS) is 12.1. The minimum Gasteiger partial charge on any atom is -0.480 e. The molecule has 0 aliphatic carbocycles. The van der Waals surface area contributed by atoms with Crippen molar-refractivity contribution in [3.05, 3.63) is 29.3 Å². The minimum absolute atomic E-state index is 0.0462. The summed E-state index contributed by atoms with van der Waals surface area (Å²) in [4.78, 5) is 21.3. The Morgan fingerprint density at radius 2 is 1.94 bits per heavy atom. The lowest BCUT2D eigenvalue weighted by Gasteiger charge is -2.08. The van der Waals surface area contributed by atoms with Crippen LogP contribution >= 0.6 is 0 Å². The Balaban J connectivity index is 2.95.